The van der Waals surface area contributed by atoms with E-state index in [0.29, 0.717) is 0 Å². The molecule has 3 fully saturated rings. The van der Waals surface area contributed by atoms with Crippen LogP contribution in [0, 0.1) is 35.5 Å². The van der Waals surface area contributed by atoms with Gasteiger partial charge < -0.3 is 0 Å². The smallest absolute Gasteiger partial charge is 0.0194 e. The van der Waals surface area contributed by atoms with Crippen molar-refractivity contribution in [1.82, 2.24) is 0 Å². The van der Waals surface area contributed by atoms with Crippen molar-refractivity contribution in [3.63, 3.8) is 0 Å². The third kappa shape index (κ3) is 0.522. The lowest BCUT2D eigenvalue weighted by Crippen LogP contribution is -2.25. The van der Waals surface area contributed by atoms with Crippen LogP contribution in [0.5, 0.6) is 0 Å². The molecule has 4 rings (SSSR count). The van der Waals surface area contributed by atoms with Gasteiger partial charge in [0, 0.05) is 0 Å². The molecule has 0 aromatic heterocycles. The van der Waals surface area contributed by atoms with E-state index in [0.717, 1.165) is 35.5 Å². The summed E-state index contributed by atoms with van der Waals surface area (Å²) in [6.45, 7) is 0. The second kappa shape index (κ2) is 1.81. The zero-order chi connectivity index (χ0) is 7.71. The first-order chi connectivity index (χ1) is 5.93. The topological polar surface area (TPSA) is 0 Å². The summed E-state index contributed by atoms with van der Waals surface area (Å²) in [5.74, 6) is 6.66. The van der Waals surface area contributed by atoms with Crippen LogP contribution in [0.3, 0.4) is 0 Å². The quantitative estimate of drug-likeness (QED) is 0.377. The van der Waals surface area contributed by atoms with Crippen molar-refractivity contribution in [2.45, 2.75) is 25.7 Å². The summed E-state index contributed by atoms with van der Waals surface area (Å²) < 4.78 is 0. The first kappa shape index (κ1) is 6.23. The molecule has 4 bridgehead atoms. The zero-order valence-corrected chi connectivity index (χ0v) is 7.45. The number of hydrogen-bond donors (Lipinski definition) is 0. The first-order valence-electron chi connectivity index (χ1n) is 5.62. The Morgan fingerprint density at radius 2 is 1.33 bits per heavy atom. The molecule has 0 saturated heterocycles. The summed E-state index contributed by atoms with van der Waals surface area (Å²) >= 11 is 0. The van der Waals surface area contributed by atoms with Crippen LogP contribution in [0.4, 0.5) is 0 Å². The van der Waals surface area contributed by atoms with Gasteiger partial charge in [0.25, 0.3) is 0 Å². The molecule has 3 saturated carbocycles. The molecule has 0 N–H and O–H groups in total. The largest absolute Gasteiger partial charge is 0.0848 e. The van der Waals surface area contributed by atoms with Crippen molar-refractivity contribution in [2.24, 2.45) is 35.5 Å². The van der Waals surface area contributed by atoms with E-state index in [1.807, 2.05) is 0 Å². The highest BCUT2D eigenvalue weighted by Crippen LogP contribution is 2.65. The molecule has 0 aromatic rings. The Labute approximate surface area is 74.0 Å². The second-order valence-corrected chi connectivity index (χ2v) is 5.44. The third-order valence-electron chi connectivity index (χ3n) is 5.19. The molecular weight excluding hydrogens is 144 g/mol. The molecule has 0 heteroatoms. The Morgan fingerprint density at radius 1 is 0.750 bits per heavy atom. The minimum Gasteiger partial charge on any atom is -0.0848 e. The SMILES string of the molecule is C1=C[C@H]2C[C@@H]1[C@@H]1[C@H]3CC[C@H](C3)[C@@H]12. The molecule has 0 heterocycles. The minimum absolute atomic E-state index is 1.02. The second-order valence-electron chi connectivity index (χ2n) is 5.44. The fraction of sp³-hybridized carbons (Fsp3) is 0.833. The highest BCUT2D eigenvalue weighted by Gasteiger charge is 2.57. The maximum Gasteiger partial charge on any atom is -0.0194 e. The van der Waals surface area contributed by atoms with Crippen molar-refractivity contribution in [2.75, 3.05) is 0 Å². The van der Waals surface area contributed by atoms with E-state index in [2.05, 4.69) is 12.2 Å². The molecule has 0 unspecified atom stereocenters. The molecule has 0 aliphatic heterocycles. The Kier molecular flexibility index (Phi) is 0.939. The van der Waals surface area contributed by atoms with Crippen LogP contribution in [-0.4, -0.2) is 0 Å². The standard InChI is InChI=1S/C12H16/c1-2-8-5-7(1)11-9-3-4-10(6-9)12(8)11/h1-2,7-12H,3-6H2/t7-,8+,9+,10-,11-,12+. The lowest BCUT2D eigenvalue weighted by atomic mass is 9.73. The van der Waals surface area contributed by atoms with Crippen LogP contribution in [0.2, 0.25) is 0 Å². The van der Waals surface area contributed by atoms with E-state index >= 15 is 0 Å². The van der Waals surface area contributed by atoms with Crippen LogP contribution in [0.1, 0.15) is 25.7 Å². The summed E-state index contributed by atoms with van der Waals surface area (Å²) in [7, 11) is 0. The molecule has 64 valence electrons. The van der Waals surface area contributed by atoms with Gasteiger partial charge in [-0.15, -0.1) is 0 Å². The predicted octanol–water partition coefficient (Wildman–Crippen LogP) is 2.85. The van der Waals surface area contributed by atoms with Gasteiger partial charge in [0.1, 0.15) is 0 Å². The van der Waals surface area contributed by atoms with E-state index in [1.165, 1.54) is 6.42 Å². The number of rotatable bonds is 0. The fourth-order valence-electron chi connectivity index (χ4n) is 4.98. The Bertz CT molecular complexity index is 229. The van der Waals surface area contributed by atoms with Crippen molar-refractivity contribution in [3.8, 4) is 0 Å². The molecule has 4 aliphatic rings. The molecule has 6 atom stereocenters. The van der Waals surface area contributed by atoms with E-state index < -0.39 is 0 Å². The van der Waals surface area contributed by atoms with Crippen molar-refractivity contribution < 1.29 is 0 Å². The molecule has 0 nitrogen and oxygen atoms in total. The van der Waals surface area contributed by atoms with E-state index in [4.69, 9.17) is 0 Å². The van der Waals surface area contributed by atoms with Gasteiger partial charge in [0.2, 0.25) is 0 Å². The van der Waals surface area contributed by atoms with Gasteiger partial charge in [0.05, 0.1) is 0 Å². The highest BCUT2D eigenvalue weighted by atomic mass is 14.6. The monoisotopic (exact) mass is 160 g/mol. The Morgan fingerprint density at radius 3 is 1.92 bits per heavy atom. The lowest BCUT2D eigenvalue weighted by Gasteiger charge is -2.31. The molecule has 0 spiro atoms. The Balaban J connectivity index is 1.82. The summed E-state index contributed by atoms with van der Waals surface area (Å²) in [4.78, 5) is 0. The van der Waals surface area contributed by atoms with Gasteiger partial charge in [0.15, 0.2) is 0 Å². The average molecular weight is 160 g/mol. The Hall–Kier alpha value is -0.260. The van der Waals surface area contributed by atoms with Crippen molar-refractivity contribution in [3.05, 3.63) is 12.2 Å². The summed E-state index contributed by atoms with van der Waals surface area (Å²) in [6, 6.07) is 0. The average Bonchev–Trinajstić information content (AvgIpc) is 2.83. The van der Waals surface area contributed by atoms with Crippen LogP contribution < -0.4 is 0 Å². The zero-order valence-electron chi connectivity index (χ0n) is 7.45. The minimum atomic E-state index is 1.02. The molecule has 0 aromatic carbocycles. The summed E-state index contributed by atoms with van der Waals surface area (Å²) in [5, 5.41) is 0. The number of fused-ring (bicyclic) bond motifs is 9. The molecule has 4 aliphatic carbocycles. The van der Waals surface area contributed by atoms with Crippen LogP contribution in [0.15, 0.2) is 12.2 Å². The number of allylic oxidation sites excluding steroid dienone is 2. The fourth-order valence-corrected chi connectivity index (χ4v) is 4.98. The number of hydrogen-bond acceptors (Lipinski definition) is 0. The van der Waals surface area contributed by atoms with Gasteiger partial charge in [-0.2, -0.15) is 0 Å². The van der Waals surface area contributed by atoms with E-state index in [1.54, 1.807) is 19.3 Å². The lowest BCUT2D eigenvalue weighted by molar-refractivity contribution is 0.206. The first-order valence-corrected chi connectivity index (χ1v) is 5.62. The van der Waals surface area contributed by atoms with Gasteiger partial charge in [-0.25, -0.2) is 0 Å². The van der Waals surface area contributed by atoms with E-state index in [-0.39, 0.29) is 0 Å². The van der Waals surface area contributed by atoms with E-state index in [9.17, 15) is 0 Å². The molecular formula is C12H16. The third-order valence-corrected chi connectivity index (χ3v) is 5.19. The van der Waals surface area contributed by atoms with Crippen molar-refractivity contribution >= 4 is 0 Å². The van der Waals surface area contributed by atoms with Crippen LogP contribution in [0.25, 0.3) is 0 Å². The maximum absolute atomic E-state index is 2.53. The predicted molar refractivity (Wildman–Crippen MR) is 48.5 cm³/mol. The van der Waals surface area contributed by atoms with Gasteiger partial charge in [-0.05, 0) is 61.2 Å². The van der Waals surface area contributed by atoms with Gasteiger partial charge in [-0.1, -0.05) is 12.2 Å². The molecule has 0 radical (unpaired) electrons. The molecule has 12 heavy (non-hydrogen) atoms. The van der Waals surface area contributed by atoms with Crippen LogP contribution >= 0.6 is 0 Å². The van der Waals surface area contributed by atoms with Gasteiger partial charge >= 0.3 is 0 Å². The summed E-state index contributed by atoms with van der Waals surface area (Å²) in [5.41, 5.74) is 0. The van der Waals surface area contributed by atoms with Crippen LogP contribution in [-0.2, 0) is 0 Å². The van der Waals surface area contributed by atoms with Crippen molar-refractivity contribution in [1.29, 1.82) is 0 Å². The molecule has 0 amide bonds. The normalized spacial score (nSPS) is 64.7. The maximum atomic E-state index is 2.53. The highest BCUT2D eigenvalue weighted by molar-refractivity contribution is 5.19. The summed E-state index contributed by atoms with van der Waals surface area (Å²) in [6.07, 6.45) is 11.3. The van der Waals surface area contributed by atoms with Gasteiger partial charge in [-0.3, -0.25) is 0 Å².